The molecule has 126 valence electrons. The summed E-state index contributed by atoms with van der Waals surface area (Å²) in [5.74, 6) is -2.73. The summed E-state index contributed by atoms with van der Waals surface area (Å²) in [5, 5.41) is 8.42. The summed E-state index contributed by atoms with van der Waals surface area (Å²) in [6.45, 7) is -0.347. The summed E-state index contributed by atoms with van der Waals surface area (Å²) >= 11 is 0. The van der Waals surface area contributed by atoms with Crippen LogP contribution in [0.2, 0.25) is 0 Å². The van der Waals surface area contributed by atoms with Gasteiger partial charge in [0.25, 0.3) is 0 Å². The van der Waals surface area contributed by atoms with Crippen LogP contribution >= 0.6 is 0 Å². The van der Waals surface area contributed by atoms with Crippen LogP contribution < -0.4 is 5.73 Å². The van der Waals surface area contributed by atoms with Gasteiger partial charge in [0.1, 0.15) is 11.2 Å². The van der Waals surface area contributed by atoms with Crippen LogP contribution in [0.3, 0.4) is 0 Å². The third kappa shape index (κ3) is 2.32. The number of carbonyl (C=O) groups is 1. The van der Waals surface area contributed by atoms with Crippen molar-refractivity contribution in [2.45, 2.75) is 16.1 Å². The van der Waals surface area contributed by atoms with Gasteiger partial charge in [-0.25, -0.2) is 12.8 Å². The summed E-state index contributed by atoms with van der Waals surface area (Å²) in [4.78, 5) is 11.9. The Hall–Kier alpha value is -2.25. The van der Waals surface area contributed by atoms with Crippen molar-refractivity contribution >= 4 is 15.8 Å². The first kappa shape index (κ1) is 16.6. The Balaban J connectivity index is 2.13. The van der Waals surface area contributed by atoms with E-state index in [1.807, 2.05) is 0 Å². The molecule has 1 aliphatic carbocycles. The molecule has 1 saturated carbocycles. The molecular formula is C17H16FNO4S. The predicted molar refractivity (Wildman–Crippen MR) is 85.7 cm³/mol. The number of aliphatic carboxylic acids is 1. The van der Waals surface area contributed by atoms with Crippen molar-refractivity contribution in [1.29, 1.82) is 0 Å². The monoisotopic (exact) mass is 349 g/mol. The number of hydrogen-bond acceptors (Lipinski definition) is 4. The molecule has 1 fully saturated rings. The van der Waals surface area contributed by atoms with Crippen molar-refractivity contribution in [3.63, 3.8) is 0 Å². The summed E-state index contributed by atoms with van der Waals surface area (Å²) in [7, 11) is -3.92. The topological polar surface area (TPSA) is 97.5 Å². The molecule has 0 spiro atoms. The normalized spacial score (nSPS) is 26.1. The van der Waals surface area contributed by atoms with Gasteiger partial charge in [0.2, 0.25) is 0 Å². The van der Waals surface area contributed by atoms with Crippen molar-refractivity contribution in [2.24, 2.45) is 11.1 Å². The Labute approximate surface area is 138 Å². The quantitative estimate of drug-likeness (QED) is 0.858. The lowest BCUT2D eigenvalue weighted by Crippen LogP contribution is -2.31. The van der Waals surface area contributed by atoms with Crippen LogP contribution in [0, 0.1) is 11.2 Å². The fourth-order valence-electron chi connectivity index (χ4n) is 3.37. The van der Waals surface area contributed by atoms with Crippen LogP contribution in [0.4, 0.5) is 4.39 Å². The second-order valence-electron chi connectivity index (χ2n) is 5.86. The van der Waals surface area contributed by atoms with E-state index in [1.165, 1.54) is 36.4 Å². The Morgan fingerprint density at radius 1 is 1.17 bits per heavy atom. The molecule has 3 N–H and O–H groups in total. The van der Waals surface area contributed by atoms with Gasteiger partial charge in [-0.15, -0.1) is 0 Å². The Kier molecular flexibility index (Phi) is 3.93. The highest BCUT2D eigenvalue weighted by Crippen LogP contribution is 2.63. The average Bonchev–Trinajstić information content (AvgIpc) is 3.27. The standard InChI is InChI=1S/C17H16FNO4S/c18-12-6-4-5-11(9-12)14-15(17(14,10-19)16(20)21)24(22,23)13-7-2-1-3-8-13/h1-9,14-15H,10,19H2,(H,20,21)/t14-,15+,17-/m0/s1. The molecule has 0 aliphatic heterocycles. The fraction of sp³-hybridized carbons (Fsp3) is 0.235. The minimum atomic E-state index is -3.92. The van der Waals surface area contributed by atoms with Gasteiger partial charge in [0, 0.05) is 12.5 Å². The van der Waals surface area contributed by atoms with E-state index < -0.39 is 38.2 Å². The maximum absolute atomic E-state index is 13.5. The molecule has 0 aromatic heterocycles. The lowest BCUT2D eigenvalue weighted by Gasteiger charge is -2.10. The lowest BCUT2D eigenvalue weighted by atomic mass is 9.99. The smallest absolute Gasteiger partial charge is 0.312 e. The molecule has 0 radical (unpaired) electrons. The average molecular weight is 349 g/mol. The van der Waals surface area contributed by atoms with Gasteiger partial charge >= 0.3 is 5.97 Å². The number of nitrogens with two attached hydrogens (primary N) is 1. The van der Waals surface area contributed by atoms with Crippen LogP contribution in [0.1, 0.15) is 11.5 Å². The van der Waals surface area contributed by atoms with E-state index in [1.54, 1.807) is 18.2 Å². The molecule has 3 atom stereocenters. The van der Waals surface area contributed by atoms with Gasteiger partial charge in [-0.1, -0.05) is 30.3 Å². The number of hydrogen-bond donors (Lipinski definition) is 2. The van der Waals surface area contributed by atoms with Gasteiger partial charge in [0.05, 0.1) is 10.1 Å². The predicted octanol–water partition coefficient (Wildman–Crippen LogP) is 1.80. The Bertz CT molecular complexity index is 884. The van der Waals surface area contributed by atoms with Gasteiger partial charge < -0.3 is 10.8 Å². The number of sulfone groups is 1. The van der Waals surface area contributed by atoms with E-state index >= 15 is 0 Å². The van der Waals surface area contributed by atoms with E-state index in [9.17, 15) is 22.7 Å². The maximum Gasteiger partial charge on any atom is 0.312 e. The van der Waals surface area contributed by atoms with Crippen molar-refractivity contribution in [2.75, 3.05) is 6.54 Å². The van der Waals surface area contributed by atoms with E-state index in [0.717, 1.165) is 0 Å². The van der Waals surface area contributed by atoms with Crippen LogP contribution in [-0.4, -0.2) is 31.3 Å². The first-order valence-corrected chi connectivity index (χ1v) is 8.88. The summed E-state index contributed by atoms with van der Waals surface area (Å²) in [6, 6.07) is 13.0. The second kappa shape index (κ2) is 5.68. The molecular weight excluding hydrogens is 333 g/mol. The fourth-order valence-corrected chi connectivity index (χ4v) is 5.78. The highest BCUT2D eigenvalue weighted by molar-refractivity contribution is 7.92. The first-order chi connectivity index (χ1) is 11.4. The van der Waals surface area contributed by atoms with Crippen molar-refractivity contribution in [3.8, 4) is 0 Å². The van der Waals surface area contributed by atoms with Crippen LogP contribution in [0.5, 0.6) is 0 Å². The molecule has 0 saturated heterocycles. The first-order valence-electron chi connectivity index (χ1n) is 7.33. The molecule has 2 aromatic carbocycles. The molecule has 0 unspecified atom stereocenters. The summed E-state index contributed by atoms with van der Waals surface area (Å²) < 4.78 is 39.4. The van der Waals surface area contributed by atoms with Crippen molar-refractivity contribution in [1.82, 2.24) is 0 Å². The van der Waals surface area contributed by atoms with E-state index in [0.29, 0.717) is 5.56 Å². The molecule has 0 amide bonds. The molecule has 0 heterocycles. The van der Waals surface area contributed by atoms with Gasteiger partial charge in [-0.2, -0.15) is 0 Å². The van der Waals surface area contributed by atoms with E-state index in [4.69, 9.17) is 5.73 Å². The molecule has 2 aromatic rings. The molecule has 0 bridgehead atoms. The molecule has 1 aliphatic rings. The number of halogens is 1. The van der Waals surface area contributed by atoms with Gasteiger partial charge in [-0.3, -0.25) is 4.79 Å². The number of benzene rings is 2. The van der Waals surface area contributed by atoms with E-state index in [-0.39, 0.29) is 11.4 Å². The van der Waals surface area contributed by atoms with Crippen molar-refractivity contribution in [3.05, 3.63) is 66.0 Å². The summed E-state index contributed by atoms with van der Waals surface area (Å²) in [5.41, 5.74) is 4.34. The highest BCUT2D eigenvalue weighted by atomic mass is 32.2. The Morgan fingerprint density at radius 2 is 1.83 bits per heavy atom. The van der Waals surface area contributed by atoms with Crippen molar-refractivity contribution < 1.29 is 22.7 Å². The third-order valence-corrected chi connectivity index (χ3v) is 6.90. The largest absolute Gasteiger partial charge is 0.481 e. The van der Waals surface area contributed by atoms with E-state index in [2.05, 4.69) is 0 Å². The minimum absolute atomic E-state index is 0.0352. The highest BCUT2D eigenvalue weighted by Gasteiger charge is 2.75. The third-order valence-electron chi connectivity index (χ3n) is 4.61. The molecule has 3 rings (SSSR count). The molecule has 7 heteroatoms. The van der Waals surface area contributed by atoms with Crippen LogP contribution in [0.15, 0.2) is 59.5 Å². The summed E-state index contributed by atoms with van der Waals surface area (Å²) in [6.07, 6.45) is 0. The van der Waals surface area contributed by atoms with Crippen LogP contribution in [0.25, 0.3) is 0 Å². The zero-order chi connectivity index (χ0) is 17.5. The zero-order valence-corrected chi connectivity index (χ0v) is 13.4. The van der Waals surface area contributed by atoms with Gasteiger partial charge in [-0.05, 0) is 29.8 Å². The zero-order valence-electron chi connectivity index (χ0n) is 12.6. The number of carboxylic acid groups (broad SMARTS) is 1. The number of rotatable bonds is 5. The van der Waals surface area contributed by atoms with Crippen LogP contribution in [-0.2, 0) is 14.6 Å². The lowest BCUT2D eigenvalue weighted by molar-refractivity contribution is -0.143. The molecule has 5 nitrogen and oxygen atoms in total. The molecule has 24 heavy (non-hydrogen) atoms. The maximum atomic E-state index is 13.5. The number of carboxylic acids is 1. The van der Waals surface area contributed by atoms with Gasteiger partial charge in [0.15, 0.2) is 9.84 Å². The Morgan fingerprint density at radius 3 is 2.38 bits per heavy atom. The minimum Gasteiger partial charge on any atom is -0.481 e. The SMILES string of the molecule is NC[C@@]1(C(=O)O)[C@H](S(=O)(=O)c2ccccc2)[C@@H]1c1cccc(F)c1. The second-order valence-corrected chi connectivity index (χ2v) is 7.93.